The van der Waals surface area contributed by atoms with Gasteiger partial charge in [-0.05, 0) is 23.3 Å². The summed E-state index contributed by atoms with van der Waals surface area (Å²) in [4.78, 5) is 0. The van der Waals surface area contributed by atoms with Crippen LogP contribution >= 0.6 is 0 Å². The van der Waals surface area contributed by atoms with Gasteiger partial charge in [0.2, 0.25) is 0 Å². The smallest absolute Gasteiger partial charge is 0.123 e. The molecule has 2 nitrogen and oxygen atoms in total. The van der Waals surface area contributed by atoms with Crippen LogP contribution < -0.4 is 5.48 Å². The largest absolute Gasteiger partial charge is 0.316 e. The Hall–Kier alpha value is -1.71. The lowest BCUT2D eigenvalue weighted by molar-refractivity contribution is 0.141. The third-order valence-corrected chi connectivity index (χ3v) is 2.47. The lowest BCUT2D eigenvalue weighted by Gasteiger charge is -2.15. The molecule has 0 aliphatic heterocycles. The van der Waals surface area contributed by atoms with Gasteiger partial charge in [0.25, 0.3) is 0 Å². The maximum absolute atomic E-state index is 12.8. The van der Waals surface area contributed by atoms with Gasteiger partial charge >= 0.3 is 0 Å². The fourth-order valence-corrected chi connectivity index (χ4v) is 1.64. The third-order valence-electron chi connectivity index (χ3n) is 2.47. The molecule has 0 saturated carbocycles. The molecule has 0 aromatic heterocycles. The minimum Gasteiger partial charge on any atom is -0.316 e. The van der Waals surface area contributed by atoms with Crippen LogP contribution in [-0.4, -0.2) is 5.21 Å². The molecule has 0 aliphatic carbocycles. The highest BCUT2D eigenvalue weighted by atomic mass is 19.1. The first kappa shape index (κ1) is 10.8. The van der Waals surface area contributed by atoms with Crippen molar-refractivity contribution in [3.05, 3.63) is 71.5 Å². The molecular weight excluding hydrogens is 205 g/mol. The minimum absolute atomic E-state index is 0.284. The van der Waals surface area contributed by atoms with Crippen LogP contribution in [0.15, 0.2) is 54.6 Å². The molecule has 0 radical (unpaired) electrons. The number of hydroxylamine groups is 1. The van der Waals surface area contributed by atoms with E-state index < -0.39 is 0 Å². The standard InChI is InChI=1S/C13H12FNO/c14-12-8-6-11(7-9-12)13(15-16)10-4-2-1-3-5-10/h1-9,13,15-16H. The van der Waals surface area contributed by atoms with E-state index in [1.165, 1.54) is 12.1 Å². The van der Waals surface area contributed by atoms with E-state index in [2.05, 4.69) is 5.48 Å². The monoisotopic (exact) mass is 217 g/mol. The van der Waals surface area contributed by atoms with E-state index in [4.69, 9.17) is 5.21 Å². The molecule has 3 heteroatoms. The number of halogens is 1. The Balaban J connectivity index is 2.33. The first-order valence-electron chi connectivity index (χ1n) is 5.01. The van der Waals surface area contributed by atoms with E-state index in [0.29, 0.717) is 0 Å². The average Bonchev–Trinajstić information content (AvgIpc) is 2.34. The highest BCUT2D eigenvalue weighted by Crippen LogP contribution is 2.21. The van der Waals surface area contributed by atoms with Crippen LogP contribution in [0.4, 0.5) is 4.39 Å². The molecule has 0 saturated heterocycles. The van der Waals surface area contributed by atoms with Gasteiger partial charge in [0, 0.05) is 0 Å². The molecular formula is C13H12FNO. The van der Waals surface area contributed by atoms with Crippen molar-refractivity contribution in [3.63, 3.8) is 0 Å². The number of nitrogens with one attached hydrogen (secondary N) is 1. The Labute approximate surface area is 93.3 Å². The predicted molar refractivity (Wildman–Crippen MR) is 59.6 cm³/mol. The maximum atomic E-state index is 12.8. The van der Waals surface area contributed by atoms with Crippen LogP contribution in [0.5, 0.6) is 0 Å². The van der Waals surface area contributed by atoms with Crippen molar-refractivity contribution in [2.24, 2.45) is 0 Å². The molecule has 0 spiro atoms. The lowest BCUT2D eigenvalue weighted by Crippen LogP contribution is -2.18. The second kappa shape index (κ2) is 4.88. The van der Waals surface area contributed by atoms with Gasteiger partial charge in [-0.25, -0.2) is 4.39 Å². The van der Waals surface area contributed by atoms with E-state index in [9.17, 15) is 4.39 Å². The molecule has 2 N–H and O–H groups in total. The highest BCUT2D eigenvalue weighted by molar-refractivity contribution is 5.31. The molecule has 16 heavy (non-hydrogen) atoms. The van der Waals surface area contributed by atoms with Gasteiger partial charge in [-0.15, -0.1) is 0 Å². The number of rotatable bonds is 3. The van der Waals surface area contributed by atoms with Gasteiger partial charge in [-0.1, -0.05) is 42.5 Å². The summed E-state index contributed by atoms with van der Waals surface area (Å²) in [5.41, 5.74) is 3.97. The van der Waals surface area contributed by atoms with E-state index in [1.54, 1.807) is 12.1 Å². The average molecular weight is 217 g/mol. The van der Waals surface area contributed by atoms with Crippen LogP contribution in [0.2, 0.25) is 0 Å². The molecule has 2 rings (SSSR count). The van der Waals surface area contributed by atoms with Crippen molar-refractivity contribution >= 4 is 0 Å². The Morgan fingerprint density at radius 2 is 1.44 bits per heavy atom. The zero-order valence-electron chi connectivity index (χ0n) is 8.60. The van der Waals surface area contributed by atoms with Gasteiger partial charge in [0.15, 0.2) is 0 Å². The molecule has 0 fully saturated rings. The Kier molecular flexibility index (Phi) is 3.29. The Bertz CT molecular complexity index is 441. The number of hydrogen-bond acceptors (Lipinski definition) is 2. The summed E-state index contributed by atoms with van der Waals surface area (Å²) in [5.74, 6) is -0.284. The van der Waals surface area contributed by atoms with E-state index in [0.717, 1.165) is 11.1 Å². The zero-order chi connectivity index (χ0) is 11.4. The van der Waals surface area contributed by atoms with Crippen molar-refractivity contribution in [3.8, 4) is 0 Å². The van der Waals surface area contributed by atoms with Crippen LogP contribution in [-0.2, 0) is 0 Å². The predicted octanol–water partition coefficient (Wildman–Crippen LogP) is 2.89. The molecule has 2 aromatic rings. The van der Waals surface area contributed by atoms with Gasteiger partial charge in [-0.2, -0.15) is 5.48 Å². The molecule has 0 aliphatic rings. The SMILES string of the molecule is ONC(c1ccccc1)c1ccc(F)cc1. The number of benzene rings is 2. The first-order valence-corrected chi connectivity index (χ1v) is 5.01. The second-order valence-electron chi connectivity index (χ2n) is 3.52. The van der Waals surface area contributed by atoms with Crippen molar-refractivity contribution in [1.29, 1.82) is 0 Å². The Morgan fingerprint density at radius 3 is 2.00 bits per heavy atom. The fourth-order valence-electron chi connectivity index (χ4n) is 1.64. The van der Waals surface area contributed by atoms with Crippen LogP contribution in [0.3, 0.4) is 0 Å². The lowest BCUT2D eigenvalue weighted by atomic mass is 10.00. The summed E-state index contributed by atoms with van der Waals surface area (Å²) in [6, 6.07) is 15.2. The second-order valence-corrected chi connectivity index (χ2v) is 3.52. The topological polar surface area (TPSA) is 32.3 Å². The van der Waals surface area contributed by atoms with Gasteiger partial charge in [-0.3, -0.25) is 0 Å². The Morgan fingerprint density at radius 1 is 0.875 bits per heavy atom. The summed E-state index contributed by atoms with van der Waals surface area (Å²) in [6.07, 6.45) is 0. The fraction of sp³-hybridized carbons (Fsp3) is 0.0769. The van der Waals surface area contributed by atoms with Gasteiger partial charge < -0.3 is 5.21 Å². The summed E-state index contributed by atoms with van der Waals surface area (Å²) in [6.45, 7) is 0. The van der Waals surface area contributed by atoms with Crippen molar-refractivity contribution in [2.45, 2.75) is 6.04 Å². The zero-order valence-corrected chi connectivity index (χ0v) is 8.60. The maximum Gasteiger partial charge on any atom is 0.123 e. The summed E-state index contributed by atoms with van der Waals surface area (Å²) in [7, 11) is 0. The van der Waals surface area contributed by atoms with E-state index >= 15 is 0 Å². The van der Waals surface area contributed by atoms with Crippen molar-refractivity contribution in [2.75, 3.05) is 0 Å². The summed E-state index contributed by atoms with van der Waals surface area (Å²) >= 11 is 0. The summed E-state index contributed by atoms with van der Waals surface area (Å²) in [5, 5.41) is 9.16. The van der Waals surface area contributed by atoms with Crippen LogP contribution in [0.25, 0.3) is 0 Å². The molecule has 82 valence electrons. The van der Waals surface area contributed by atoms with Crippen LogP contribution in [0.1, 0.15) is 17.2 Å². The molecule has 1 atom stereocenters. The number of hydrogen-bond donors (Lipinski definition) is 2. The third kappa shape index (κ3) is 2.27. The van der Waals surface area contributed by atoms with Crippen LogP contribution in [0, 0.1) is 5.82 Å². The molecule has 1 unspecified atom stereocenters. The van der Waals surface area contributed by atoms with E-state index in [1.807, 2.05) is 30.3 Å². The first-order chi connectivity index (χ1) is 7.81. The quantitative estimate of drug-likeness (QED) is 0.775. The van der Waals surface area contributed by atoms with Gasteiger partial charge in [0.1, 0.15) is 5.82 Å². The molecule has 0 heterocycles. The van der Waals surface area contributed by atoms with Gasteiger partial charge in [0.05, 0.1) is 6.04 Å². The van der Waals surface area contributed by atoms with E-state index in [-0.39, 0.29) is 11.9 Å². The molecule has 0 amide bonds. The summed E-state index contributed by atoms with van der Waals surface area (Å²) < 4.78 is 12.8. The van der Waals surface area contributed by atoms with Crippen molar-refractivity contribution in [1.82, 2.24) is 5.48 Å². The normalized spacial score (nSPS) is 12.4. The van der Waals surface area contributed by atoms with Crippen molar-refractivity contribution < 1.29 is 9.60 Å². The molecule has 2 aromatic carbocycles. The minimum atomic E-state index is -0.332. The molecule has 0 bridgehead atoms. The highest BCUT2D eigenvalue weighted by Gasteiger charge is 2.11.